The predicted molar refractivity (Wildman–Crippen MR) is 180 cm³/mol. The molecule has 45 heavy (non-hydrogen) atoms. The highest BCUT2D eigenvalue weighted by Crippen LogP contribution is 2.35. The van der Waals surface area contributed by atoms with E-state index in [9.17, 15) is 0 Å². The molecule has 0 radical (unpaired) electrons. The highest BCUT2D eigenvalue weighted by atomic mass is 16.5. The summed E-state index contributed by atoms with van der Waals surface area (Å²) in [5.74, 6) is 2.38. The van der Waals surface area contributed by atoms with E-state index >= 15 is 0 Å². The summed E-state index contributed by atoms with van der Waals surface area (Å²) in [6.45, 7) is 0. The first kappa shape index (κ1) is 26.5. The molecule has 0 amide bonds. The Hall–Kier alpha value is -6.14. The maximum Gasteiger partial charge on any atom is 0.249 e. The summed E-state index contributed by atoms with van der Waals surface area (Å²) in [6, 6.07) is 47.7. The SMILES string of the molecule is Cn1c[n+](-c2ccccc2)ccn(-c2cccc(Oc3ccc4c5ccccc5n(-c5ccccn5)c4c3)c2)c2ccccc21. The van der Waals surface area contributed by atoms with Gasteiger partial charge >= 0.3 is 0 Å². The summed E-state index contributed by atoms with van der Waals surface area (Å²) in [4.78, 5) is 4.66. The molecule has 8 rings (SSSR count). The average Bonchev–Trinajstić information content (AvgIpc) is 3.42. The summed E-state index contributed by atoms with van der Waals surface area (Å²) in [7, 11) is 2.08. The van der Waals surface area contributed by atoms with E-state index in [1.807, 2.05) is 48.7 Å². The van der Waals surface area contributed by atoms with Gasteiger partial charge in [0.25, 0.3) is 0 Å². The lowest BCUT2D eigenvalue weighted by molar-refractivity contribution is -0.599. The van der Waals surface area contributed by atoms with Crippen LogP contribution in [0.3, 0.4) is 0 Å². The van der Waals surface area contributed by atoms with E-state index in [1.54, 1.807) is 0 Å². The van der Waals surface area contributed by atoms with Gasteiger partial charge in [-0.05, 0) is 66.7 Å². The molecule has 3 aromatic heterocycles. The molecule has 5 aromatic carbocycles. The van der Waals surface area contributed by atoms with Gasteiger partial charge in [-0.3, -0.25) is 4.57 Å². The number of aromatic nitrogens is 5. The molecule has 0 fully saturated rings. The van der Waals surface area contributed by atoms with Crippen molar-refractivity contribution in [2.24, 2.45) is 7.05 Å². The van der Waals surface area contributed by atoms with Crippen LogP contribution in [0.4, 0.5) is 0 Å². The molecule has 0 saturated carbocycles. The molecule has 3 heterocycles. The van der Waals surface area contributed by atoms with Gasteiger partial charge in [-0.25, -0.2) is 14.1 Å². The number of para-hydroxylation sites is 4. The lowest BCUT2D eigenvalue weighted by Gasteiger charge is -2.13. The van der Waals surface area contributed by atoms with Crippen LogP contribution in [-0.2, 0) is 7.05 Å². The fourth-order valence-corrected chi connectivity index (χ4v) is 6.03. The molecule has 0 spiro atoms. The van der Waals surface area contributed by atoms with Crippen molar-refractivity contribution in [2.75, 3.05) is 0 Å². The number of benzene rings is 5. The van der Waals surface area contributed by atoms with Crippen molar-refractivity contribution in [3.63, 3.8) is 0 Å². The Balaban J connectivity index is 1.24. The summed E-state index contributed by atoms with van der Waals surface area (Å²) < 4.78 is 15.2. The van der Waals surface area contributed by atoms with Crippen LogP contribution in [-0.4, -0.2) is 18.7 Å². The molecule has 0 atom stereocenters. The van der Waals surface area contributed by atoms with Crippen molar-refractivity contribution >= 4 is 32.8 Å². The van der Waals surface area contributed by atoms with E-state index in [0.29, 0.717) is 0 Å². The molecule has 0 aliphatic carbocycles. The van der Waals surface area contributed by atoms with E-state index < -0.39 is 0 Å². The van der Waals surface area contributed by atoms with Gasteiger partial charge < -0.3 is 9.30 Å². The maximum absolute atomic E-state index is 6.55. The molecule has 0 unspecified atom stereocenters. The van der Waals surface area contributed by atoms with Gasteiger partial charge in [0.15, 0.2) is 5.52 Å². The predicted octanol–water partition coefficient (Wildman–Crippen LogP) is 8.65. The molecule has 0 N–H and O–H groups in total. The number of ether oxygens (including phenoxy) is 1. The number of hydrogen-bond donors (Lipinski definition) is 0. The first-order valence-corrected chi connectivity index (χ1v) is 14.9. The molecule has 6 heteroatoms. The number of pyridine rings is 1. The standard InChI is InChI=1S/C39H30N5O/c1-41-28-42(29-12-3-2-4-13-29)24-25-43(37-19-8-7-18-36(37)41)30-14-11-15-31(26-30)45-32-21-22-34-33-16-5-6-17-35(33)44(38(34)27-32)39-20-9-10-23-40-39/h2-28H,1H3/q+1. The van der Waals surface area contributed by atoms with Gasteiger partial charge in [0.2, 0.25) is 6.33 Å². The van der Waals surface area contributed by atoms with Crippen LogP contribution in [0.25, 0.3) is 50.0 Å². The second-order valence-corrected chi connectivity index (χ2v) is 10.9. The lowest BCUT2D eigenvalue weighted by atomic mass is 10.1. The Morgan fingerprint density at radius 3 is 2.18 bits per heavy atom. The van der Waals surface area contributed by atoms with Crippen molar-refractivity contribution < 1.29 is 9.30 Å². The third kappa shape index (κ3) is 4.88. The van der Waals surface area contributed by atoms with E-state index in [1.165, 1.54) is 5.39 Å². The fourth-order valence-electron chi connectivity index (χ4n) is 6.03. The summed E-state index contributed by atoms with van der Waals surface area (Å²) in [6.07, 6.45) is 8.11. The fraction of sp³-hybridized carbons (Fsp3) is 0.0256. The summed E-state index contributed by atoms with van der Waals surface area (Å²) in [5, 5.41) is 2.34. The molecule has 6 nitrogen and oxygen atoms in total. The largest absolute Gasteiger partial charge is 0.457 e. The van der Waals surface area contributed by atoms with Crippen LogP contribution in [0.15, 0.2) is 164 Å². The van der Waals surface area contributed by atoms with Crippen LogP contribution >= 0.6 is 0 Å². The Morgan fingerprint density at radius 2 is 1.33 bits per heavy atom. The third-order valence-corrected chi connectivity index (χ3v) is 8.10. The molecule has 0 bridgehead atoms. The van der Waals surface area contributed by atoms with Gasteiger partial charge in [-0.1, -0.05) is 60.7 Å². The molecule has 0 aliphatic heterocycles. The van der Waals surface area contributed by atoms with Crippen molar-refractivity contribution in [1.29, 1.82) is 0 Å². The molecule has 8 aromatic rings. The normalized spacial score (nSPS) is 11.2. The first-order valence-electron chi connectivity index (χ1n) is 14.9. The minimum atomic E-state index is 0.750. The van der Waals surface area contributed by atoms with E-state index in [2.05, 4.69) is 146 Å². The van der Waals surface area contributed by atoms with Crippen molar-refractivity contribution in [2.45, 2.75) is 0 Å². The molecule has 0 aliphatic rings. The first-order chi connectivity index (χ1) is 22.2. The zero-order valence-corrected chi connectivity index (χ0v) is 24.7. The molecular formula is C39H30N5O+. The molecular weight excluding hydrogens is 554 g/mol. The monoisotopic (exact) mass is 584 g/mol. The number of fused-ring (bicyclic) bond motifs is 4. The van der Waals surface area contributed by atoms with E-state index in [0.717, 1.165) is 56.1 Å². The smallest absolute Gasteiger partial charge is 0.249 e. The Morgan fingerprint density at radius 1 is 0.600 bits per heavy atom. The van der Waals surface area contributed by atoms with Crippen molar-refractivity contribution in [1.82, 2.24) is 18.7 Å². The number of nitrogens with zero attached hydrogens (tertiary/aromatic N) is 5. The highest BCUT2D eigenvalue weighted by Gasteiger charge is 2.14. The zero-order chi connectivity index (χ0) is 30.2. The Labute approximate surface area is 260 Å². The average molecular weight is 585 g/mol. The van der Waals surface area contributed by atoms with E-state index in [-0.39, 0.29) is 0 Å². The van der Waals surface area contributed by atoms with Crippen LogP contribution in [0.2, 0.25) is 0 Å². The number of hydrogen-bond acceptors (Lipinski definition) is 2. The second-order valence-electron chi connectivity index (χ2n) is 10.9. The van der Waals surface area contributed by atoms with Gasteiger partial charge in [-0.15, -0.1) is 0 Å². The highest BCUT2D eigenvalue weighted by molar-refractivity contribution is 6.09. The van der Waals surface area contributed by atoms with Crippen molar-refractivity contribution in [3.05, 3.63) is 164 Å². The minimum Gasteiger partial charge on any atom is -0.457 e. The quantitative estimate of drug-likeness (QED) is 0.190. The number of rotatable bonds is 5. The van der Waals surface area contributed by atoms with Gasteiger partial charge in [0, 0.05) is 41.0 Å². The lowest BCUT2D eigenvalue weighted by Crippen LogP contribution is -2.31. The van der Waals surface area contributed by atoms with Crippen LogP contribution in [0, 0.1) is 0 Å². The van der Waals surface area contributed by atoms with Gasteiger partial charge in [-0.2, -0.15) is 0 Å². The van der Waals surface area contributed by atoms with Gasteiger partial charge in [0.05, 0.1) is 23.6 Å². The third-order valence-electron chi connectivity index (χ3n) is 8.10. The molecule has 0 saturated heterocycles. The zero-order valence-electron chi connectivity index (χ0n) is 24.7. The van der Waals surface area contributed by atoms with Crippen LogP contribution in [0.1, 0.15) is 0 Å². The van der Waals surface area contributed by atoms with Crippen molar-refractivity contribution in [3.8, 4) is 28.7 Å². The van der Waals surface area contributed by atoms with Crippen LogP contribution < -0.4 is 9.30 Å². The molecule has 216 valence electrons. The van der Waals surface area contributed by atoms with E-state index in [4.69, 9.17) is 4.74 Å². The number of aryl methyl sites for hydroxylation is 1. The summed E-state index contributed by atoms with van der Waals surface area (Å²) in [5.41, 5.74) is 6.38. The second kappa shape index (κ2) is 11.2. The Kier molecular flexibility index (Phi) is 6.57. The van der Waals surface area contributed by atoms with Gasteiger partial charge in [0.1, 0.15) is 29.2 Å². The Bertz CT molecular complexity index is 2370. The van der Waals surface area contributed by atoms with Crippen LogP contribution in [0.5, 0.6) is 11.5 Å². The summed E-state index contributed by atoms with van der Waals surface area (Å²) >= 11 is 0. The maximum atomic E-state index is 6.55. The topological polar surface area (TPSA) is 40.8 Å². The minimum absolute atomic E-state index is 0.750.